The van der Waals surface area contributed by atoms with Gasteiger partial charge in [0.05, 0.1) is 18.7 Å². The van der Waals surface area contributed by atoms with Crippen molar-refractivity contribution in [2.45, 2.75) is 31.8 Å². The van der Waals surface area contributed by atoms with Crippen LogP contribution in [0.3, 0.4) is 0 Å². The Balaban J connectivity index is 1.38. The van der Waals surface area contributed by atoms with E-state index in [0.29, 0.717) is 37.9 Å². The SMILES string of the molecule is COc1ccc2nc(C(=O)N3CCN(C(C)C(=O)NC4CC4)CC3)ccc2c1. The fourth-order valence-electron chi connectivity index (χ4n) is 3.54. The normalized spacial score (nSPS) is 18.7. The van der Waals surface area contributed by atoms with Crippen LogP contribution in [0.15, 0.2) is 30.3 Å². The molecule has 1 atom stereocenters. The second-order valence-corrected chi connectivity index (χ2v) is 7.54. The van der Waals surface area contributed by atoms with Gasteiger partial charge in [-0.25, -0.2) is 4.98 Å². The molecule has 1 saturated heterocycles. The molecule has 4 rings (SSSR count). The van der Waals surface area contributed by atoms with Crippen LogP contribution in [-0.2, 0) is 4.79 Å². The van der Waals surface area contributed by atoms with E-state index in [1.54, 1.807) is 13.2 Å². The van der Waals surface area contributed by atoms with Crippen LogP contribution in [0.25, 0.3) is 10.9 Å². The Bertz CT molecular complexity index is 888. The van der Waals surface area contributed by atoms with Crippen LogP contribution in [0.4, 0.5) is 0 Å². The highest BCUT2D eigenvalue weighted by Gasteiger charge is 2.31. The third kappa shape index (κ3) is 3.94. The predicted molar refractivity (Wildman–Crippen MR) is 106 cm³/mol. The second-order valence-electron chi connectivity index (χ2n) is 7.54. The summed E-state index contributed by atoms with van der Waals surface area (Å²) in [5.74, 6) is 0.797. The largest absolute Gasteiger partial charge is 0.497 e. The second kappa shape index (κ2) is 7.75. The minimum absolute atomic E-state index is 0.0625. The van der Waals surface area contributed by atoms with Crippen molar-refractivity contribution in [3.05, 3.63) is 36.0 Å². The van der Waals surface area contributed by atoms with Gasteiger partial charge in [-0.3, -0.25) is 14.5 Å². The van der Waals surface area contributed by atoms with Crippen molar-refractivity contribution in [2.24, 2.45) is 0 Å². The van der Waals surface area contributed by atoms with Crippen LogP contribution in [0, 0.1) is 0 Å². The smallest absolute Gasteiger partial charge is 0.272 e. The number of benzene rings is 1. The molecule has 0 bridgehead atoms. The van der Waals surface area contributed by atoms with Crippen LogP contribution in [0.5, 0.6) is 5.75 Å². The Kier molecular flexibility index (Phi) is 5.17. The molecule has 2 amide bonds. The molecule has 0 radical (unpaired) electrons. The first-order chi connectivity index (χ1) is 13.5. The highest BCUT2D eigenvalue weighted by molar-refractivity contribution is 5.95. The molecule has 2 fully saturated rings. The molecule has 1 N–H and O–H groups in total. The predicted octanol–water partition coefficient (Wildman–Crippen LogP) is 1.67. The van der Waals surface area contributed by atoms with Gasteiger partial charge in [0.25, 0.3) is 5.91 Å². The zero-order valence-electron chi connectivity index (χ0n) is 16.4. The fraction of sp³-hybridized carbons (Fsp3) is 0.476. The third-order valence-corrected chi connectivity index (χ3v) is 5.57. The van der Waals surface area contributed by atoms with E-state index < -0.39 is 0 Å². The number of pyridine rings is 1. The van der Waals surface area contributed by atoms with Crippen LogP contribution in [0.1, 0.15) is 30.3 Å². The van der Waals surface area contributed by atoms with E-state index in [2.05, 4.69) is 15.2 Å². The molecule has 2 aromatic rings. The summed E-state index contributed by atoms with van der Waals surface area (Å²) in [5, 5.41) is 4.00. The summed E-state index contributed by atoms with van der Waals surface area (Å²) >= 11 is 0. The minimum atomic E-state index is -0.161. The third-order valence-electron chi connectivity index (χ3n) is 5.57. The summed E-state index contributed by atoms with van der Waals surface area (Å²) in [6.07, 6.45) is 2.18. The van der Waals surface area contributed by atoms with E-state index in [1.807, 2.05) is 36.1 Å². The van der Waals surface area contributed by atoms with Gasteiger partial charge in [0.15, 0.2) is 0 Å². The number of fused-ring (bicyclic) bond motifs is 1. The maximum absolute atomic E-state index is 12.9. The lowest BCUT2D eigenvalue weighted by atomic mass is 10.1. The molecular formula is C21H26N4O3. The number of hydrogen-bond donors (Lipinski definition) is 1. The highest BCUT2D eigenvalue weighted by atomic mass is 16.5. The van der Waals surface area contributed by atoms with Gasteiger partial charge in [-0.05, 0) is 44.0 Å². The van der Waals surface area contributed by atoms with Crippen molar-refractivity contribution in [2.75, 3.05) is 33.3 Å². The van der Waals surface area contributed by atoms with Crippen molar-refractivity contribution >= 4 is 22.7 Å². The number of nitrogens with one attached hydrogen (secondary N) is 1. The van der Waals surface area contributed by atoms with Crippen molar-refractivity contribution in [3.63, 3.8) is 0 Å². The molecular weight excluding hydrogens is 356 g/mol. The Morgan fingerprint density at radius 3 is 2.57 bits per heavy atom. The fourth-order valence-corrected chi connectivity index (χ4v) is 3.54. The van der Waals surface area contributed by atoms with E-state index >= 15 is 0 Å². The van der Waals surface area contributed by atoms with Crippen molar-refractivity contribution in [3.8, 4) is 5.75 Å². The Labute approximate surface area is 164 Å². The van der Waals surface area contributed by atoms with E-state index in [1.165, 1.54) is 0 Å². The van der Waals surface area contributed by atoms with Gasteiger partial charge in [-0.2, -0.15) is 0 Å². The van der Waals surface area contributed by atoms with E-state index in [4.69, 9.17) is 4.74 Å². The van der Waals surface area contributed by atoms with Crippen molar-refractivity contribution < 1.29 is 14.3 Å². The lowest BCUT2D eigenvalue weighted by Gasteiger charge is -2.37. The standard InChI is InChI=1S/C21H26N4O3/c1-14(20(26)22-16-4-5-16)24-9-11-25(12-10-24)21(27)19-7-3-15-13-17(28-2)6-8-18(15)23-19/h3,6-8,13-14,16H,4-5,9-12H2,1-2H3,(H,22,26). The number of nitrogens with zero attached hydrogens (tertiary/aromatic N) is 3. The first kappa shape index (κ1) is 18.7. The van der Waals surface area contributed by atoms with Gasteiger partial charge in [-0.1, -0.05) is 6.07 Å². The summed E-state index contributed by atoms with van der Waals surface area (Å²) in [4.78, 5) is 33.6. The van der Waals surface area contributed by atoms with E-state index in [-0.39, 0.29) is 17.9 Å². The monoisotopic (exact) mass is 382 g/mol. The maximum atomic E-state index is 12.9. The zero-order chi connectivity index (χ0) is 19.7. The van der Waals surface area contributed by atoms with Crippen LogP contribution >= 0.6 is 0 Å². The molecule has 1 saturated carbocycles. The molecule has 2 aliphatic rings. The maximum Gasteiger partial charge on any atom is 0.272 e. The summed E-state index contributed by atoms with van der Waals surface area (Å²) in [6.45, 7) is 4.52. The van der Waals surface area contributed by atoms with E-state index in [9.17, 15) is 9.59 Å². The summed E-state index contributed by atoms with van der Waals surface area (Å²) in [6, 6.07) is 9.49. The molecule has 1 aromatic heterocycles. The number of rotatable bonds is 5. The molecule has 1 unspecified atom stereocenters. The van der Waals surface area contributed by atoms with Gasteiger partial charge < -0.3 is 15.0 Å². The minimum Gasteiger partial charge on any atom is -0.497 e. The number of amides is 2. The summed E-state index contributed by atoms with van der Waals surface area (Å²) in [7, 11) is 1.63. The number of carbonyl (C=O) groups excluding carboxylic acids is 2. The van der Waals surface area contributed by atoms with Gasteiger partial charge in [-0.15, -0.1) is 0 Å². The number of methoxy groups -OCH3 is 1. The summed E-state index contributed by atoms with van der Waals surface area (Å²) < 4.78 is 5.23. The molecule has 28 heavy (non-hydrogen) atoms. The number of hydrogen-bond acceptors (Lipinski definition) is 5. The van der Waals surface area contributed by atoms with Gasteiger partial charge in [0, 0.05) is 37.6 Å². The molecule has 1 aliphatic heterocycles. The first-order valence-electron chi connectivity index (χ1n) is 9.83. The average Bonchev–Trinajstić information content (AvgIpc) is 3.56. The molecule has 7 nitrogen and oxygen atoms in total. The van der Waals surface area contributed by atoms with Crippen LogP contribution in [-0.4, -0.2) is 72.0 Å². The van der Waals surface area contributed by atoms with Crippen molar-refractivity contribution in [1.29, 1.82) is 0 Å². The molecule has 1 aromatic carbocycles. The molecule has 2 heterocycles. The van der Waals surface area contributed by atoms with Gasteiger partial charge >= 0.3 is 0 Å². The topological polar surface area (TPSA) is 74.8 Å². The number of ether oxygens (including phenoxy) is 1. The highest BCUT2D eigenvalue weighted by Crippen LogP contribution is 2.21. The lowest BCUT2D eigenvalue weighted by molar-refractivity contribution is -0.126. The quantitative estimate of drug-likeness (QED) is 0.851. The molecule has 7 heteroatoms. The molecule has 1 aliphatic carbocycles. The Morgan fingerprint density at radius 1 is 1.14 bits per heavy atom. The Hall–Kier alpha value is -2.67. The van der Waals surface area contributed by atoms with Crippen LogP contribution < -0.4 is 10.1 Å². The van der Waals surface area contributed by atoms with Gasteiger partial charge in [0.1, 0.15) is 11.4 Å². The zero-order valence-corrected chi connectivity index (χ0v) is 16.4. The Morgan fingerprint density at radius 2 is 1.89 bits per heavy atom. The molecule has 148 valence electrons. The first-order valence-corrected chi connectivity index (χ1v) is 9.83. The van der Waals surface area contributed by atoms with Crippen LogP contribution in [0.2, 0.25) is 0 Å². The van der Waals surface area contributed by atoms with Gasteiger partial charge in [0.2, 0.25) is 5.91 Å². The number of aromatic nitrogens is 1. The number of piperazine rings is 1. The van der Waals surface area contributed by atoms with Crippen molar-refractivity contribution in [1.82, 2.24) is 20.1 Å². The molecule has 0 spiro atoms. The van der Waals surface area contributed by atoms with E-state index in [0.717, 1.165) is 29.5 Å². The summed E-state index contributed by atoms with van der Waals surface area (Å²) in [5.41, 5.74) is 1.22. The average molecular weight is 382 g/mol. The number of carbonyl (C=O) groups is 2. The lowest BCUT2D eigenvalue weighted by Crippen LogP contribution is -2.55.